The van der Waals surface area contributed by atoms with Gasteiger partial charge in [0, 0.05) is 5.69 Å². The van der Waals surface area contributed by atoms with E-state index < -0.39 is 10.0 Å². The van der Waals surface area contributed by atoms with Gasteiger partial charge in [-0.05, 0) is 73.2 Å². The molecule has 0 unspecified atom stereocenters. The summed E-state index contributed by atoms with van der Waals surface area (Å²) < 4.78 is 28.0. The SMILES string of the molecule is CCCCc1ccc(-c2ccc(S(=O)(=O)Nc3cccc(C)n3)cc2C)cc1. The molecule has 0 aliphatic carbocycles. The number of hydrogen-bond donors (Lipinski definition) is 1. The molecule has 0 bridgehead atoms. The smallest absolute Gasteiger partial charge is 0.263 e. The van der Waals surface area contributed by atoms with E-state index in [1.807, 2.05) is 26.0 Å². The molecule has 1 N–H and O–H groups in total. The molecule has 0 amide bonds. The van der Waals surface area contributed by atoms with Crippen molar-refractivity contribution in [1.82, 2.24) is 4.98 Å². The summed E-state index contributed by atoms with van der Waals surface area (Å²) in [5.74, 6) is 0.324. The summed E-state index contributed by atoms with van der Waals surface area (Å²) >= 11 is 0. The second-order valence-electron chi connectivity index (χ2n) is 7.05. The quantitative estimate of drug-likeness (QED) is 0.575. The number of unbranched alkanes of at least 4 members (excludes halogenated alkanes) is 1. The van der Waals surface area contributed by atoms with Crippen LogP contribution in [-0.4, -0.2) is 13.4 Å². The molecule has 4 nitrogen and oxygen atoms in total. The van der Waals surface area contributed by atoms with Gasteiger partial charge in [-0.25, -0.2) is 13.4 Å². The number of anilines is 1. The molecule has 146 valence electrons. The van der Waals surface area contributed by atoms with Crippen LogP contribution in [0.2, 0.25) is 0 Å². The third-order valence-electron chi connectivity index (χ3n) is 4.72. The maximum Gasteiger partial charge on any atom is 0.263 e. The topological polar surface area (TPSA) is 59.1 Å². The summed E-state index contributed by atoms with van der Waals surface area (Å²) in [4.78, 5) is 4.44. The summed E-state index contributed by atoms with van der Waals surface area (Å²) in [7, 11) is -3.68. The number of rotatable bonds is 7. The Hall–Kier alpha value is -2.66. The predicted octanol–water partition coefficient (Wildman–Crippen LogP) is 5.51. The van der Waals surface area contributed by atoms with Crippen LogP contribution in [0.1, 0.15) is 36.6 Å². The lowest BCUT2D eigenvalue weighted by Gasteiger charge is -2.12. The number of aryl methyl sites for hydroxylation is 3. The summed E-state index contributed by atoms with van der Waals surface area (Å²) in [5.41, 5.74) is 5.14. The van der Waals surface area contributed by atoms with Crippen LogP contribution < -0.4 is 4.72 Å². The number of hydrogen-bond acceptors (Lipinski definition) is 3. The number of pyridine rings is 1. The van der Waals surface area contributed by atoms with E-state index >= 15 is 0 Å². The van der Waals surface area contributed by atoms with Crippen LogP contribution in [0.3, 0.4) is 0 Å². The molecular weight excluding hydrogens is 368 g/mol. The zero-order chi connectivity index (χ0) is 20.1. The second kappa shape index (κ2) is 8.57. The Morgan fingerprint density at radius 1 is 0.964 bits per heavy atom. The van der Waals surface area contributed by atoms with Gasteiger partial charge >= 0.3 is 0 Å². The first-order valence-corrected chi connectivity index (χ1v) is 11.0. The molecule has 0 spiro atoms. The average Bonchev–Trinajstić information content (AvgIpc) is 2.66. The standard InChI is InChI=1S/C23H26N2O2S/c1-4-5-8-19-10-12-20(13-11-19)22-15-14-21(16-17(22)2)28(26,27)25-23-9-6-7-18(3)24-23/h6-7,9-16H,4-5,8H2,1-3H3,(H,24,25). The molecule has 3 rings (SSSR count). The van der Waals surface area contributed by atoms with E-state index in [0.717, 1.165) is 28.8 Å². The largest absolute Gasteiger partial charge is 0.263 e. The average molecular weight is 395 g/mol. The molecule has 0 atom stereocenters. The zero-order valence-electron chi connectivity index (χ0n) is 16.6. The van der Waals surface area contributed by atoms with Gasteiger partial charge in [0.25, 0.3) is 10.0 Å². The van der Waals surface area contributed by atoms with Gasteiger partial charge in [-0.15, -0.1) is 0 Å². The Kier molecular flexibility index (Phi) is 6.15. The minimum Gasteiger partial charge on any atom is -0.263 e. The first kappa shape index (κ1) is 20.1. The lowest BCUT2D eigenvalue weighted by atomic mass is 9.98. The van der Waals surface area contributed by atoms with Crippen LogP contribution in [0.5, 0.6) is 0 Å². The van der Waals surface area contributed by atoms with E-state index in [1.54, 1.807) is 24.3 Å². The molecule has 0 aliphatic rings. The molecule has 2 aromatic carbocycles. The minimum atomic E-state index is -3.68. The van der Waals surface area contributed by atoms with Crippen molar-refractivity contribution in [2.75, 3.05) is 4.72 Å². The molecule has 0 fully saturated rings. The molecule has 3 aromatic rings. The maximum absolute atomic E-state index is 12.7. The monoisotopic (exact) mass is 394 g/mol. The summed E-state index contributed by atoms with van der Waals surface area (Å²) in [6.07, 6.45) is 3.46. The molecule has 0 aliphatic heterocycles. The molecule has 0 radical (unpaired) electrons. The van der Waals surface area contributed by atoms with Crippen LogP contribution in [-0.2, 0) is 16.4 Å². The molecular formula is C23H26N2O2S. The third kappa shape index (κ3) is 4.78. The van der Waals surface area contributed by atoms with Crippen molar-refractivity contribution < 1.29 is 8.42 Å². The summed E-state index contributed by atoms with van der Waals surface area (Å²) in [6, 6.07) is 19.0. The molecule has 5 heteroatoms. The number of nitrogens with one attached hydrogen (secondary N) is 1. The highest BCUT2D eigenvalue weighted by atomic mass is 32.2. The Labute approximate surface area is 167 Å². The van der Waals surface area contributed by atoms with Gasteiger partial charge in [-0.1, -0.05) is 49.7 Å². The third-order valence-corrected chi connectivity index (χ3v) is 6.07. The summed E-state index contributed by atoms with van der Waals surface area (Å²) in [5, 5.41) is 0. The van der Waals surface area contributed by atoms with Crippen LogP contribution in [0.15, 0.2) is 65.6 Å². The van der Waals surface area contributed by atoms with E-state index in [9.17, 15) is 8.42 Å². The Morgan fingerprint density at radius 3 is 2.36 bits per heavy atom. The van der Waals surface area contributed by atoms with Gasteiger partial charge in [0.05, 0.1) is 4.90 Å². The fraction of sp³-hybridized carbons (Fsp3) is 0.261. The molecule has 0 saturated carbocycles. The number of sulfonamides is 1. The van der Waals surface area contributed by atoms with Crippen molar-refractivity contribution in [2.45, 2.75) is 44.9 Å². The molecule has 0 saturated heterocycles. The highest BCUT2D eigenvalue weighted by Crippen LogP contribution is 2.27. The van der Waals surface area contributed by atoms with Crippen molar-refractivity contribution in [3.63, 3.8) is 0 Å². The van der Waals surface area contributed by atoms with E-state index in [-0.39, 0.29) is 4.90 Å². The van der Waals surface area contributed by atoms with Crippen LogP contribution in [0.4, 0.5) is 5.82 Å². The van der Waals surface area contributed by atoms with Crippen molar-refractivity contribution in [2.24, 2.45) is 0 Å². The van der Waals surface area contributed by atoms with Crippen molar-refractivity contribution >= 4 is 15.8 Å². The van der Waals surface area contributed by atoms with Gasteiger partial charge in [0.2, 0.25) is 0 Å². The fourth-order valence-electron chi connectivity index (χ4n) is 3.16. The maximum atomic E-state index is 12.7. The lowest BCUT2D eigenvalue weighted by Crippen LogP contribution is -2.14. The van der Waals surface area contributed by atoms with E-state index in [0.29, 0.717) is 5.82 Å². The number of aromatic nitrogens is 1. The highest BCUT2D eigenvalue weighted by Gasteiger charge is 2.16. The van der Waals surface area contributed by atoms with E-state index in [1.165, 1.54) is 18.4 Å². The molecule has 1 heterocycles. The highest BCUT2D eigenvalue weighted by molar-refractivity contribution is 7.92. The van der Waals surface area contributed by atoms with Crippen LogP contribution >= 0.6 is 0 Å². The molecule has 28 heavy (non-hydrogen) atoms. The first-order chi connectivity index (χ1) is 13.4. The first-order valence-electron chi connectivity index (χ1n) is 9.55. The van der Waals surface area contributed by atoms with Gasteiger partial charge in [-0.2, -0.15) is 0 Å². The van der Waals surface area contributed by atoms with Crippen molar-refractivity contribution in [1.29, 1.82) is 0 Å². The Bertz CT molecular complexity index is 1060. The van der Waals surface area contributed by atoms with Gasteiger partial charge in [0.1, 0.15) is 5.82 Å². The van der Waals surface area contributed by atoms with Crippen molar-refractivity contribution in [3.05, 3.63) is 77.5 Å². The predicted molar refractivity (Wildman–Crippen MR) is 115 cm³/mol. The van der Waals surface area contributed by atoms with Crippen molar-refractivity contribution in [3.8, 4) is 11.1 Å². The van der Waals surface area contributed by atoms with Gasteiger partial charge in [-0.3, -0.25) is 4.72 Å². The van der Waals surface area contributed by atoms with Crippen LogP contribution in [0, 0.1) is 13.8 Å². The zero-order valence-corrected chi connectivity index (χ0v) is 17.4. The lowest BCUT2D eigenvalue weighted by molar-refractivity contribution is 0.601. The van der Waals surface area contributed by atoms with E-state index in [2.05, 4.69) is 40.9 Å². The fourth-order valence-corrected chi connectivity index (χ4v) is 4.24. The Morgan fingerprint density at radius 2 is 1.71 bits per heavy atom. The van der Waals surface area contributed by atoms with E-state index in [4.69, 9.17) is 0 Å². The minimum absolute atomic E-state index is 0.233. The summed E-state index contributed by atoms with van der Waals surface area (Å²) in [6.45, 7) is 5.95. The molecule has 1 aromatic heterocycles. The van der Waals surface area contributed by atoms with Gasteiger partial charge in [0.15, 0.2) is 0 Å². The second-order valence-corrected chi connectivity index (χ2v) is 8.73. The van der Waals surface area contributed by atoms with Crippen LogP contribution in [0.25, 0.3) is 11.1 Å². The normalized spacial score (nSPS) is 11.4. The Balaban J connectivity index is 1.83. The number of benzene rings is 2. The number of nitrogens with zero attached hydrogens (tertiary/aromatic N) is 1. The van der Waals surface area contributed by atoms with Gasteiger partial charge < -0.3 is 0 Å².